The van der Waals surface area contributed by atoms with Gasteiger partial charge in [0, 0.05) is 20.2 Å². The fourth-order valence-electron chi connectivity index (χ4n) is 1.72. The molecule has 0 amide bonds. The second-order valence-electron chi connectivity index (χ2n) is 4.76. The van der Waals surface area contributed by atoms with E-state index in [0.29, 0.717) is 0 Å². The monoisotopic (exact) mass is 187 g/mol. The fourth-order valence-corrected chi connectivity index (χ4v) is 1.72. The number of likely N-dealkylation sites (tertiary alicyclic amines) is 1. The molecular weight excluding hydrogens is 166 g/mol. The minimum absolute atomic E-state index is 0.0768. The van der Waals surface area contributed by atoms with Crippen molar-refractivity contribution in [3.63, 3.8) is 0 Å². The van der Waals surface area contributed by atoms with Crippen LogP contribution in [-0.2, 0) is 9.47 Å². The first-order valence-corrected chi connectivity index (χ1v) is 4.81. The SMILES string of the molecule is CO[C@@H]1CN(C)C[C@H]1OC(C)(C)C. The lowest BCUT2D eigenvalue weighted by molar-refractivity contribution is -0.0995. The Morgan fingerprint density at radius 3 is 2.15 bits per heavy atom. The van der Waals surface area contributed by atoms with E-state index in [4.69, 9.17) is 9.47 Å². The molecule has 0 aromatic rings. The number of hydrogen-bond donors (Lipinski definition) is 0. The van der Waals surface area contributed by atoms with Crippen molar-refractivity contribution in [3.05, 3.63) is 0 Å². The molecule has 1 aliphatic heterocycles. The normalized spacial score (nSPS) is 31.2. The zero-order valence-corrected chi connectivity index (χ0v) is 9.33. The maximum atomic E-state index is 5.91. The summed E-state index contributed by atoms with van der Waals surface area (Å²) in [6.07, 6.45) is 0.444. The number of ether oxygens (including phenoxy) is 2. The first-order valence-electron chi connectivity index (χ1n) is 4.81. The van der Waals surface area contributed by atoms with E-state index in [1.54, 1.807) is 7.11 Å². The van der Waals surface area contributed by atoms with Crippen molar-refractivity contribution in [1.82, 2.24) is 4.90 Å². The van der Waals surface area contributed by atoms with Gasteiger partial charge in [-0.2, -0.15) is 0 Å². The van der Waals surface area contributed by atoms with Crippen LogP contribution in [0.5, 0.6) is 0 Å². The Bertz CT molecular complexity index is 165. The molecule has 0 aromatic heterocycles. The summed E-state index contributed by atoms with van der Waals surface area (Å²) in [6, 6.07) is 0. The highest BCUT2D eigenvalue weighted by atomic mass is 16.6. The maximum Gasteiger partial charge on any atom is 0.0982 e. The minimum Gasteiger partial charge on any atom is -0.377 e. The molecule has 0 unspecified atom stereocenters. The fraction of sp³-hybridized carbons (Fsp3) is 1.00. The summed E-state index contributed by atoms with van der Waals surface area (Å²) in [5.74, 6) is 0. The highest BCUT2D eigenvalue weighted by Gasteiger charge is 2.34. The van der Waals surface area contributed by atoms with Gasteiger partial charge in [-0.3, -0.25) is 0 Å². The number of hydrogen-bond acceptors (Lipinski definition) is 3. The van der Waals surface area contributed by atoms with Crippen molar-refractivity contribution < 1.29 is 9.47 Å². The van der Waals surface area contributed by atoms with Crippen molar-refractivity contribution in [3.8, 4) is 0 Å². The van der Waals surface area contributed by atoms with Crippen molar-refractivity contribution in [2.75, 3.05) is 27.2 Å². The summed E-state index contributed by atoms with van der Waals surface area (Å²) in [7, 11) is 3.85. The number of rotatable bonds is 2. The second kappa shape index (κ2) is 3.95. The van der Waals surface area contributed by atoms with Gasteiger partial charge in [-0.1, -0.05) is 0 Å². The van der Waals surface area contributed by atoms with Crippen molar-refractivity contribution in [2.45, 2.75) is 38.6 Å². The molecule has 0 aliphatic carbocycles. The lowest BCUT2D eigenvalue weighted by Gasteiger charge is -2.27. The Balaban J connectivity index is 2.49. The summed E-state index contributed by atoms with van der Waals surface area (Å²) in [4.78, 5) is 2.24. The predicted molar refractivity (Wildman–Crippen MR) is 52.9 cm³/mol. The van der Waals surface area contributed by atoms with E-state index >= 15 is 0 Å². The average molecular weight is 187 g/mol. The largest absolute Gasteiger partial charge is 0.377 e. The lowest BCUT2D eigenvalue weighted by atomic mass is 10.1. The number of likely N-dealkylation sites (N-methyl/N-ethyl adjacent to an activating group) is 1. The smallest absolute Gasteiger partial charge is 0.0982 e. The molecular formula is C10H21NO2. The third kappa shape index (κ3) is 3.25. The molecule has 0 radical (unpaired) electrons. The van der Waals surface area contributed by atoms with Gasteiger partial charge in [0.2, 0.25) is 0 Å². The molecule has 13 heavy (non-hydrogen) atoms. The standard InChI is InChI=1S/C10H21NO2/c1-10(2,3)13-9-7-11(4)6-8(9)12-5/h8-9H,6-7H2,1-5H3/t8-,9-/m1/s1. The van der Waals surface area contributed by atoms with Crippen LogP contribution in [-0.4, -0.2) is 50.0 Å². The molecule has 3 heteroatoms. The average Bonchev–Trinajstić information content (AvgIpc) is 2.27. The summed E-state index contributed by atoms with van der Waals surface area (Å²) < 4.78 is 11.3. The molecule has 1 rings (SSSR count). The zero-order valence-electron chi connectivity index (χ0n) is 9.33. The topological polar surface area (TPSA) is 21.7 Å². The van der Waals surface area contributed by atoms with E-state index in [1.807, 2.05) is 0 Å². The first kappa shape index (κ1) is 11.0. The quantitative estimate of drug-likeness (QED) is 0.647. The van der Waals surface area contributed by atoms with Crippen molar-refractivity contribution >= 4 is 0 Å². The summed E-state index contributed by atoms with van der Waals surface area (Å²) >= 11 is 0. The van der Waals surface area contributed by atoms with Crippen LogP contribution < -0.4 is 0 Å². The Hall–Kier alpha value is -0.120. The molecule has 0 aromatic carbocycles. The predicted octanol–water partition coefficient (Wildman–Crippen LogP) is 1.13. The van der Waals surface area contributed by atoms with E-state index < -0.39 is 0 Å². The molecule has 78 valence electrons. The van der Waals surface area contributed by atoms with E-state index in [9.17, 15) is 0 Å². The van der Waals surface area contributed by atoms with Crippen LogP contribution in [0.25, 0.3) is 0 Å². The molecule has 1 heterocycles. The van der Waals surface area contributed by atoms with Gasteiger partial charge in [-0.25, -0.2) is 0 Å². The van der Waals surface area contributed by atoms with Crippen LogP contribution >= 0.6 is 0 Å². The molecule has 1 fully saturated rings. The Morgan fingerprint density at radius 1 is 1.15 bits per heavy atom. The van der Waals surface area contributed by atoms with Crippen molar-refractivity contribution in [2.24, 2.45) is 0 Å². The van der Waals surface area contributed by atoms with E-state index in [2.05, 4.69) is 32.7 Å². The van der Waals surface area contributed by atoms with Gasteiger partial charge >= 0.3 is 0 Å². The molecule has 0 bridgehead atoms. The van der Waals surface area contributed by atoms with Gasteiger partial charge < -0.3 is 14.4 Å². The molecule has 0 N–H and O–H groups in total. The summed E-state index contributed by atoms with van der Waals surface area (Å²) in [5.41, 5.74) is -0.0768. The second-order valence-corrected chi connectivity index (χ2v) is 4.76. The molecule has 3 nitrogen and oxygen atoms in total. The van der Waals surface area contributed by atoms with Gasteiger partial charge in [0.05, 0.1) is 17.8 Å². The minimum atomic E-state index is -0.0768. The maximum absolute atomic E-state index is 5.91. The third-order valence-corrected chi connectivity index (χ3v) is 2.21. The van der Waals surface area contributed by atoms with Crippen LogP contribution in [0.4, 0.5) is 0 Å². The van der Waals surface area contributed by atoms with Crippen LogP contribution in [0, 0.1) is 0 Å². The molecule has 2 atom stereocenters. The van der Waals surface area contributed by atoms with Crippen LogP contribution in [0.3, 0.4) is 0 Å². The Kier molecular flexibility index (Phi) is 3.33. The molecule has 1 aliphatic rings. The zero-order chi connectivity index (χ0) is 10.1. The van der Waals surface area contributed by atoms with E-state index in [1.165, 1.54) is 0 Å². The van der Waals surface area contributed by atoms with Crippen molar-refractivity contribution in [1.29, 1.82) is 0 Å². The van der Waals surface area contributed by atoms with E-state index in [0.717, 1.165) is 13.1 Å². The van der Waals surface area contributed by atoms with Gasteiger partial charge in [0.25, 0.3) is 0 Å². The number of nitrogens with zero attached hydrogens (tertiary/aromatic N) is 1. The third-order valence-electron chi connectivity index (χ3n) is 2.21. The molecule has 1 saturated heterocycles. The summed E-state index contributed by atoms with van der Waals surface area (Å²) in [5, 5.41) is 0. The highest BCUT2D eigenvalue weighted by Crippen LogP contribution is 2.20. The lowest BCUT2D eigenvalue weighted by Crippen LogP contribution is -2.36. The van der Waals surface area contributed by atoms with Gasteiger partial charge in [0.1, 0.15) is 0 Å². The Labute approximate surface area is 81.0 Å². The Morgan fingerprint density at radius 2 is 1.69 bits per heavy atom. The van der Waals surface area contributed by atoms with Gasteiger partial charge in [0.15, 0.2) is 0 Å². The van der Waals surface area contributed by atoms with Gasteiger partial charge in [-0.05, 0) is 27.8 Å². The van der Waals surface area contributed by atoms with Gasteiger partial charge in [-0.15, -0.1) is 0 Å². The van der Waals surface area contributed by atoms with E-state index in [-0.39, 0.29) is 17.8 Å². The van der Waals surface area contributed by atoms with Crippen LogP contribution in [0.2, 0.25) is 0 Å². The summed E-state index contributed by atoms with van der Waals surface area (Å²) in [6.45, 7) is 8.18. The molecule has 0 saturated carbocycles. The molecule has 0 spiro atoms. The van der Waals surface area contributed by atoms with Crippen LogP contribution in [0.15, 0.2) is 0 Å². The first-order chi connectivity index (χ1) is 5.92. The van der Waals surface area contributed by atoms with Crippen LogP contribution in [0.1, 0.15) is 20.8 Å². The number of methoxy groups -OCH3 is 1. The highest BCUT2D eigenvalue weighted by molar-refractivity contribution is 4.85.